The van der Waals surface area contributed by atoms with Crippen molar-refractivity contribution in [2.45, 2.75) is 0 Å². The van der Waals surface area contributed by atoms with Crippen LogP contribution in [0, 0.1) is 34.9 Å². The first-order valence-electron chi connectivity index (χ1n) is 7.47. The lowest BCUT2D eigenvalue weighted by atomic mass is 10.0. The highest BCUT2D eigenvalue weighted by Gasteiger charge is 2.38. The van der Waals surface area contributed by atoms with Crippen molar-refractivity contribution >= 4 is 23.9 Å². The van der Waals surface area contributed by atoms with E-state index >= 15 is 0 Å². The highest BCUT2D eigenvalue weighted by Crippen LogP contribution is 2.39. The summed E-state index contributed by atoms with van der Waals surface area (Å²) in [7, 11) is 0. The molecule has 0 atom stereocenters. The second kappa shape index (κ2) is 8.42. The van der Waals surface area contributed by atoms with E-state index in [4.69, 9.17) is 15.3 Å². The molecule has 2 aromatic carbocycles. The molecule has 0 unspecified atom stereocenters. The normalized spacial score (nSPS) is 10.6. The molecule has 16 heteroatoms. The second-order valence-corrected chi connectivity index (χ2v) is 5.46. The fourth-order valence-electron chi connectivity index (χ4n) is 2.41. The van der Waals surface area contributed by atoms with Gasteiger partial charge in [0.15, 0.2) is 23.3 Å². The van der Waals surface area contributed by atoms with Gasteiger partial charge in [0.05, 0.1) is 0 Å². The van der Waals surface area contributed by atoms with Gasteiger partial charge in [0.1, 0.15) is 22.3 Å². The van der Waals surface area contributed by atoms with E-state index in [-0.39, 0.29) is 0 Å². The van der Waals surface area contributed by atoms with Gasteiger partial charge in [0.25, 0.3) is 0 Å². The Balaban J connectivity index is 2.94. The van der Waals surface area contributed by atoms with Crippen LogP contribution in [0.1, 0.15) is 41.4 Å². The Morgan fingerprint density at radius 1 is 0.562 bits per heavy atom. The standard InChI is InChI=1S/C16H5F6NO9/c17-5-1(13(24)25)2(14(26)27)7(19)11(9(5)21)31-12-8(20)4(16(30)32-23)3(15(28)29)6(18)10(12)22/h23H2,(H,24,25)(H,26,27)(H,28,29). The van der Waals surface area contributed by atoms with Crippen molar-refractivity contribution in [3.63, 3.8) is 0 Å². The molecule has 0 saturated heterocycles. The molecule has 10 nitrogen and oxygen atoms in total. The fraction of sp³-hybridized carbons (Fsp3) is 0. The minimum atomic E-state index is -2.62. The van der Waals surface area contributed by atoms with Crippen LogP contribution in [0.4, 0.5) is 26.3 Å². The van der Waals surface area contributed by atoms with Crippen LogP contribution < -0.4 is 10.6 Å². The zero-order valence-corrected chi connectivity index (χ0v) is 14.6. The van der Waals surface area contributed by atoms with Gasteiger partial charge in [0.2, 0.25) is 23.1 Å². The van der Waals surface area contributed by atoms with E-state index in [9.17, 15) is 45.5 Å². The zero-order chi connectivity index (χ0) is 24.7. The number of hydrogen-bond acceptors (Lipinski definition) is 7. The Bertz CT molecular complexity index is 1210. The minimum absolute atomic E-state index is 1.92. The maximum Gasteiger partial charge on any atom is 0.360 e. The number of benzene rings is 2. The smallest absolute Gasteiger partial charge is 0.360 e. The van der Waals surface area contributed by atoms with Crippen molar-refractivity contribution in [1.82, 2.24) is 0 Å². The van der Waals surface area contributed by atoms with Gasteiger partial charge in [-0.15, -0.1) is 0 Å². The topological polar surface area (TPSA) is 173 Å². The van der Waals surface area contributed by atoms with Crippen LogP contribution in [0.5, 0.6) is 11.5 Å². The maximum atomic E-state index is 14.6. The van der Waals surface area contributed by atoms with Crippen molar-refractivity contribution in [2.24, 2.45) is 5.90 Å². The molecule has 0 radical (unpaired) electrons. The molecular formula is C16H5F6NO9. The van der Waals surface area contributed by atoms with Gasteiger partial charge in [0, 0.05) is 0 Å². The monoisotopic (exact) mass is 469 g/mol. The summed E-state index contributed by atoms with van der Waals surface area (Å²) in [6.07, 6.45) is 0. The highest BCUT2D eigenvalue weighted by molar-refractivity contribution is 6.04. The molecule has 0 spiro atoms. The van der Waals surface area contributed by atoms with Gasteiger partial charge in [-0.1, -0.05) is 0 Å². The van der Waals surface area contributed by atoms with Crippen molar-refractivity contribution in [3.05, 3.63) is 57.2 Å². The summed E-state index contributed by atoms with van der Waals surface area (Å²) in [6.45, 7) is 0. The molecule has 2 rings (SSSR count). The van der Waals surface area contributed by atoms with E-state index in [1.807, 2.05) is 0 Å². The van der Waals surface area contributed by atoms with Crippen LogP contribution in [-0.4, -0.2) is 39.2 Å². The Morgan fingerprint density at radius 3 is 1.22 bits per heavy atom. The van der Waals surface area contributed by atoms with Crippen LogP contribution in [0.25, 0.3) is 0 Å². The Kier molecular flexibility index (Phi) is 6.30. The third kappa shape index (κ3) is 3.62. The number of rotatable bonds is 6. The number of carbonyl (C=O) groups excluding carboxylic acids is 1. The number of hydrogen-bond donors (Lipinski definition) is 4. The van der Waals surface area contributed by atoms with E-state index in [0.717, 1.165) is 0 Å². The molecule has 0 aromatic heterocycles. The van der Waals surface area contributed by atoms with Gasteiger partial charge in [-0.3, -0.25) is 0 Å². The third-order valence-electron chi connectivity index (χ3n) is 3.72. The van der Waals surface area contributed by atoms with Gasteiger partial charge < -0.3 is 24.9 Å². The molecule has 0 aliphatic heterocycles. The molecule has 0 aliphatic carbocycles. The van der Waals surface area contributed by atoms with E-state index in [0.29, 0.717) is 0 Å². The van der Waals surface area contributed by atoms with Gasteiger partial charge in [-0.25, -0.2) is 36.7 Å². The molecule has 0 bridgehead atoms. The number of aromatic carboxylic acids is 3. The van der Waals surface area contributed by atoms with E-state index in [2.05, 4.69) is 15.5 Å². The summed E-state index contributed by atoms with van der Waals surface area (Å²) in [5, 5.41) is 26.6. The van der Waals surface area contributed by atoms with Gasteiger partial charge >= 0.3 is 23.9 Å². The van der Waals surface area contributed by atoms with Gasteiger partial charge in [-0.2, -0.15) is 14.7 Å². The lowest BCUT2D eigenvalue weighted by molar-refractivity contribution is 0.0483. The summed E-state index contributed by atoms with van der Waals surface area (Å²) in [6, 6.07) is 0. The first-order chi connectivity index (χ1) is 14.8. The van der Waals surface area contributed by atoms with E-state index in [1.165, 1.54) is 0 Å². The van der Waals surface area contributed by atoms with Crippen LogP contribution in [0.3, 0.4) is 0 Å². The summed E-state index contributed by atoms with van der Waals surface area (Å²) < 4.78 is 89.7. The summed E-state index contributed by atoms with van der Waals surface area (Å²) in [5.41, 5.74) is -7.96. The predicted octanol–water partition coefficient (Wildman–Crippen LogP) is 2.44. The zero-order valence-electron chi connectivity index (χ0n) is 14.6. The molecule has 0 aliphatic rings. The number of carboxylic acids is 3. The molecule has 0 fully saturated rings. The third-order valence-corrected chi connectivity index (χ3v) is 3.72. The Hall–Kier alpha value is -4.34. The molecule has 0 saturated carbocycles. The fourth-order valence-corrected chi connectivity index (χ4v) is 2.41. The van der Waals surface area contributed by atoms with Crippen molar-refractivity contribution in [2.75, 3.05) is 0 Å². The lowest BCUT2D eigenvalue weighted by Gasteiger charge is -2.16. The van der Waals surface area contributed by atoms with E-state index < -0.39 is 92.5 Å². The van der Waals surface area contributed by atoms with Crippen molar-refractivity contribution < 1.29 is 70.4 Å². The van der Waals surface area contributed by atoms with E-state index in [1.54, 1.807) is 0 Å². The van der Waals surface area contributed by atoms with Gasteiger partial charge in [-0.05, 0) is 0 Å². The molecule has 2 aromatic rings. The number of nitrogens with two attached hydrogens (primary N) is 1. The second-order valence-electron chi connectivity index (χ2n) is 5.46. The quantitative estimate of drug-likeness (QED) is 0.280. The first kappa shape index (κ1) is 23.9. The Labute approximate surface area is 169 Å². The van der Waals surface area contributed by atoms with Crippen LogP contribution in [0.2, 0.25) is 0 Å². The SMILES string of the molecule is NOC(=O)c1c(F)c(Oc2c(F)c(F)c(C(=O)O)c(C(=O)O)c2F)c(F)c(F)c1C(=O)O. The number of carboxylic acid groups (broad SMARTS) is 3. The molecule has 32 heavy (non-hydrogen) atoms. The minimum Gasteiger partial charge on any atom is -0.478 e. The average Bonchev–Trinajstić information content (AvgIpc) is 2.70. The number of carbonyl (C=O) groups is 4. The maximum absolute atomic E-state index is 14.6. The molecule has 170 valence electrons. The largest absolute Gasteiger partial charge is 0.478 e. The molecule has 5 N–H and O–H groups in total. The van der Waals surface area contributed by atoms with Crippen LogP contribution >= 0.6 is 0 Å². The highest BCUT2D eigenvalue weighted by atomic mass is 19.2. The van der Waals surface area contributed by atoms with Crippen molar-refractivity contribution in [3.8, 4) is 11.5 Å². The number of halogens is 6. The van der Waals surface area contributed by atoms with Crippen LogP contribution in [-0.2, 0) is 4.84 Å². The van der Waals surface area contributed by atoms with Crippen LogP contribution in [0.15, 0.2) is 0 Å². The molecular weight excluding hydrogens is 464 g/mol. The van der Waals surface area contributed by atoms with Crippen molar-refractivity contribution in [1.29, 1.82) is 0 Å². The average molecular weight is 469 g/mol. The number of ether oxygens (including phenoxy) is 1. The summed E-state index contributed by atoms with van der Waals surface area (Å²) >= 11 is 0. The molecule has 0 heterocycles. The first-order valence-corrected chi connectivity index (χ1v) is 7.47. The summed E-state index contributed by atoms with van der Waals surface area (Å²) in [5.74, 6) is -24.8. The lowest BCUT2D eigenvalue weighted by Crippen LogP contribution is -2.21. The summed E-state index contributed by atoms with van der Waals surface area (Å²) in [4.78, 5) is 48.2. The Morgan fingerprint density at radius 2 is 0.875 bits per heavy atom. The predicted molar refractivity (Wildman–Crippen MR) is 83.2 cm³/mol. The molecule has 0 amide bonds.